The molecule has 41 heavy (non-hydrogen) atoms. The Morgan fingerprint density at radius 2 is 1.63 bits per heavy atom. The number of amides is 2. The van der Waals surface area contributed by atoms with Crippen molar-refractivity contribution in [1.82, 2.24) is 10.2 Å². The first kappa shape index (κ1) is 29.5. The van der Waals surface area contributed by atoms with Crippen LogP contribution in [0.15, 0.2) is 59.6 Å². The Morgan fingerprint density at radius 1 is 1.05 bits per heavy atom. The Morgan fingerprint density at radius 3 is 2.15 bits per heavy atom. The van der Waals surface area contributed by atoms with Gasteiger partial charge in [0.1, 0.15) is 17.2 Å². The molecular weight excluding hydrogens is 557 g/mol. The second-order valence-corrected chi connectivity index (χ2v) is 13.7. The highest BCUT2D eigenvalue weighted by Crippen LogP contribution is 2.49. The quantitative estimate of drug-likeness (QED) is 0.345. The minimum Gasteiger partial charge on any atom is -0.350 e. The summed E-state index contributed by atoms with van der Waals surface area (Å²) in [6.07, 6.45) is 7.12. The highest BCUT2D eigenvalue weighted by atomic mass is 35.5. The molecule has 1 aliphatic heterocycles. The average molecular weight is 595 g/mol. The van der Waals surface area contributed by atoms with E-state index in [9.17, 15) is 14.4 Å². The molecule has 2 aliphatic carbocycles. The molecular formula is C33H37Cl2N3O3. The van der Waals surface area contributed by atoms with E-state index in [1.807, 2.05) is 36.1 Å². The smallest absolute Gasteiger partial charge is 0.275 e. The van der Waals surface area contributed by atoms with Gasteiger partial charge >= 0.3 is 0 Å². The first-order valence-electron chi connectivity index (χ1n) is 14.2. The van der Waals surface area contributed by atoms with Crippen molar-refractivity contribution in [2.45, 2.75) is 72.0 Å². The summed E-state index contributed by atoms with van der Waals surface area (Å²) in [6, 6.07) is 12.2. The van der Waals surface area contributed by atoms with Crippen molar-refractivity contribution in [3.63, 3.8) is 0 Å². The lowest BCUT2D eigenvalue weighted by molar-refractivity contribution is -0.133. The van der Waals surface area contributed by atoms with Crippen molar-refractivity contribution in [3.8, 4) is 0 Å². The third-order valence-corrected chi connectivity index (χ3v) is 9.58. The van der Waals surface area contributed by atoms with E-state index in [2.05, 4.69) is 26.1 Å². The summed E-state index contributed by atoms with van der Waals surface area (Å²) in [7, 11) is 0. The minimum absolute atomic E-state index is 0.0179. The third-order valence-electron chi connectivity index (χ3n) is 9.15. The van der Waals surface area contributed by atoms with Crippen molar-refractivity contribution >= 4 is 46.5 Å². The molecule has 1 heterocycles. The predicted octanol–water partition coefficient (Wildman–Crippen LogP) is 7.19. The molecule has 1 atom stereocenters. The summed E-state index contributed by atoms with van der Waals surface area (Å²) >= 11 is 12.6. The largest absolute Gasteiger partial charge is 0.350 e. The number of hydrogen-bond acceptors (Lipinski definition) is 4. The van der Waals surface area contributed by atoms with Crippen LogP contribution in [0, 0.1) is 16.7 Å². The predicted molar refractivity (Wildman–Crippen MR) is 163 cm³/mol. The van der Waals surface area contributed by atoms with E-state index in [0.29, 0.717) is 32.8 Å². The van der Waals surface area contributed by atoms with Crippen LogP contribution in [0.25, 0.3) is 0 Å². The average Bonchev–Trinajstić information content (AvgIpc) is 3.66. The van der Waals surface area contributed by atoms with Crippen molar-refractivity contribution in [2.75, 3.05) is 6.54 Å². The van der Waals surface area contributed by atoms with Crippen LogP contribution >= 0.6 is 23.2 Å². The van der Waals surface area contributed by atoms with Gasteiger partial charge in [0.05, 0.1) is 11.5 Å². The molecule has 1 fully saturated rings. The second kappa shape index (κ2) is 10.7. The Kier molecular flexibility index (Phi) is 7.71. The summed E-state index contributed by atoms with van der Waals surface area (Å²) < 4.78 is 0. The van der Waals surface area contributed by atoms with E-state index in [1.54, 1.807) is 30.3 Å². The molecule has 0 aromatic heterocycles. The van der Waals surface area contributed by atoms with Crippen LogP contribution in [0.2, 0.25) is 10.0 Å². The summed E-state index contributed by atoms with van der Waals surface area (Å²) in [5.74, 6) is 0.185. The van der Waals surface area contributed by atoms with Gasteiger partial charge in [0.2, 0.25) is 0 Å². The SMILES string of the molecule is CC(=O)C1(CNC(=O)c2ccc(C(C)N3C(=O)C(c4cc(Cl)cc(Cl)c4)=NC34CCC(C(C)(C)C)CC4)cc2)C=C1. The lowest BCUT2D eigenvalue weighted by Crippen LogP contribution is -2.50. The zero-order valence-electron chi connectivity index (χ0n) is 24.3. The molecule has 6 nitrogen and oxygen atoms in total. The second-order valence-electron chi connectivity index (χ2n) is 12.8. The molecule has 0 radical (unpaired) electrons. The Hall–Kier alpha value is -2.96. The summed E-state index contributed by atoms with van der Waals surface area (Å²) in [4.78, 5) is 45.8. The summed E-state index contributed by atoms with van der Waals surface area (Å²) in [5.41, 5.74) is 1.32. The fourth-order valence-electron chi connectivity index (χ4n) is 6.29. The molecule has 3 aliphatic rings. The number of carbonyl (C=O) groups excluding carboxylic acids is 3. The van der Waals surface area contributed by atoms with Crippen molar-refractivity contribution in [1.29, 1.82) is 0 Å². The number of nitrogens with zero attached hydrogens (tertiary/aromatic N) is 2. The number of ketones is 1. The van der Waals surface area contributed by atoms with E-state index in [0.717, 1.165) is 31.2 Å². The number of nitrogens with one attached hydrogen (secondary N) is 1. The van der Waals surface area contributed by atoms with Crippen LogP contribution in [0.4, 0.5) is 0 Å². The third kappa shape index (κ3) is 5.74. The van der Waals surface area contributed by atoms with Gasteiger partial charge < -0.3 is 10.2 Å². The van der Waals surface area contributed by atoms with Gasteiger partial charge in [-0.25, -0.2) is 0 Å². The van der Waals surface area contributed by atoms with E-state index < -0.39 is 11.1 Å². The van der Waals surface area contributed by atoms with Gasteiger partial charge in [-0.3, -0.25) is 19.4 Å². The number of halogens is 2. The van der Waals surface area contributed by atoms with E-state index in [4.69, 9.17) is 28.2 Å². The highest BCUT2D eigenvalue weighted by Gasteiger charge is 2.52. The Labute approximate surface area is 252 Å². The fourth-order valence-corrected chi connectivity index (χ4v) is 6.82. The van der Waals surface area contributed by atoms with Gasteiger partial charge in [0, 0.05) is 27.7 Å². The normalized spacial score (nSPS) is 23.9. The van der Waals surface area contributed by atoms with E-state index >= 15 is 0 Å². The van der Waals surface area contributed by atoms with E-state index in [1.165, 1.54) is 6.92 Å². The van der Waals surface area contributed by atoms with Crippen LogP contribution in [-0.2, 0) is 9.59 Å². The Bertz CT molecular complexity index is 1420. The molecule has 5 rings (SSSR count). The van der Waals surface area contributed by atoms with Gasteiger partial charge in [0.25, 0.3) is 11.8 Å². The maximum Gasteiger partial charge on any atom is 0.275 e. The summed E-state index contributed by atoms with van der Waals surface area (Å²) in [6.45, 7) is 10.6. The van der Waals surface area contributed by atoms with Crippen LogP contribution in [0.1, 0.15) is 87.8 Å². The van der Waals surface area contributed by atoms with Crippen molar-refractivity contribution in [3.05, 3.63) is 81.4 Å². The van der Waals surface area contributed by atoms with Gasteiger partial charge in [0.15, 0.2) is 0 Å². The topological polar surface area (TPSA) is 78.8 Å². The Balaban J connectivity index is 1.40. The van der Waals surface area contributed by atoms with Gasteiger partial charge in [-0.2, -0.15) is 0 Å². The first-order chi connectivity index (χ1) is 19.2. The summed E-state index contributed by atoms with van der Waals surface area (Å²) in [5, 5.41) is 3.78. The van der Waals surface area contributed by atoms with Crippen molar-refractivity contribution < 1.29 is 14.4 Å². The number of rotatable bonds is 7. The van der Waals surface area contributed by atoms with Gasteiger partial charge in [-0.15, -0.1) is 0 Å². The van der Waals surface area contributed by atoms with Crippen LogP contribution < -0.4 is 5.32 Å². The lowest BCUT2D eigenvalue weighted by atomic mass is 9.69. The maximum atomic E-state index is 14.1. The number of hydrogen-bond donors (Lipinski definition) is 1. The number of Topliss-reactive ketones (excluding diaryl/α,β-unsaturated/α-hetero) is 1. The minimum atomic E-state index is -0.656. The van der Waals surface area contributed by atoms with Crippen molar-refractivity contribution in [2.24, 2.45) is 21.7 Å². The van der Waals surface area contributed by atoms with E-state index in [-0.39, 0.29) is 35.6 Å². The number of benzene rings is 2. The molecule has 2 amide bonds. The highest BCUT2D eigenvalue weighted by molar-refractivity contribution is 6.47. The first-order valence-corrected chi connectivity index (χ1v) is 15.0. The molecule has 216 valence electrons. The molecule has 1 N–H and O–H groups in total. The van der Waals surface area contributed by atoms with Crippen LogP contribution in [0.5, 0.6) is 0 Å². The van der Waals surface area contributed by atoms with Gasteiger partial charge in [-0.05, 0) is 86.8 Å². The number of carbonyl (C=O) groups is 3. The molecule has 1 saturated carbocycles. The monoisotopic (exact) mass is 593 g/mol. The fraction of sp³-hybridized carbons (Fsp3) is 0.455. The van der Waals surface area contributed by atoms with Crippen LogP contribution in [0.3, 0.4) is 0 Å². The molecule has 1 unspecified atom stereocenters. The molecule has 2 aromatic carbocycles. The molecule has 0 bridgehead atoms. The number of aliphatic imine (C=N–C) groups is 1. The molecule has 0 saturated heterocycles. The molecule has 2 aromatic rings. The lowest BCUT2D eigenvalue weighted by Gasteiger charge is -2.46. The van der Waals surface area contributed by atoms with Gasteiger partial charge in [-0.1, -0.05) is 68.3 Å². The standard InChI is InChI=1S/C33H37Cl2N3O3/c1-20(22-6-8-23(9-7-22)29(40)36-19-32(14-15-32)21(2)39)38-30(41)28(24-16-26(34)18-27(35)17-24)37-33(38)12-10-25(11-13-33)31(3,4)5/h6-9,14-18,20,25H,10-13,19H2,1-5H3,(H,36,40). The zero-order valence-corrected chi connectivity index (χ0v) is 25.8. The molecule has 8 heteroatoms. The maximum absolute atomic E-state index is 14.1. The molecule has 1 spiro atoms. The van der Waals surface area contributed by atoms with Crippen LogP contribution in [-0.4, -0.2) is 40.4 Å². The zero-order chi connectivity index (χ0) is 29.7.